The van der Waals surface area contributed by atoms with Crippen molar-refractivity contribution < 1.29 is 9.53 Å². The molecule has 0 aromatic carbocycles. The predicted octanol–water partition coefficient (Wildman–Crippen LogP) is 1.80. The molecule has 0 saturated heterocycles. The number of carbonyl (C=O) groups is 1. The topological polar surface area (TPSA) is 77.2 Å². The lowest BCUT2D eigenvalue weighted by atomic mass is 10.0. The molecule has 1 aliphatic carbocycles. The highest BCUT2D eigenvalue weighted by Gasteiger charge is 2.26. The Morgan fingerprint density at radius 1 is 1.53 bits per heavy atom. The van der Waals surface area contributed by atoms with Crippen molar-refractivity contribution in [1.82, 2.24) is 4.98 Å². The summed E-state index contributed by atoms with van der Waals surface area (Å²) in [5.41, 5.74) is 6.23. The van der Waals surface area contributed by atoms with Crippen molar-refractivity contribution >= 4 is 11.8 Å². The van der Waals surface area contributed by atoms with Crippen molar-refractivity contribution in [2.45, 2.75) is 32.2 Å². The van der Waals surface area contributed by atoms with Crippen LogP contribution < -0.4 is 11.1 Å². The van der Waals surface area contributed by atoms with Gasteiger partial charge in [-0.25, -0.2) is 9.78 Å². The number of nitrogens with two attached hydrogens (primary N) is 1. The summed E-state index contributed by atoms with van der Waals surface area (Å²) < 4.78 is 4.92. The van der Waals surface area contributed by atoms with E-state index in [-0.39, 0.29) is 5.97 Å². The Labute approximate surface area is 113 Å². The number of anilines is 1. The van der Waals surface area contributed by atoms with E-state index in [1.807, 2.05) is 6.07 Å². The number of hydrogen-bond donors (Lipinski definition) is 2. The Balaban J connectivity index is 1.97. The molecule has 5 nitrogen and oxygen atoms in total. The van der Waals surface area contributed by atoms with Crippen molar-refractivity contribution in [3.8, 4) is 0 Å². The van der Waals surface area contributed by atoms with Crippen LogP contribution >= 0.6 is 0 Å². The van der Waals surface area contributed by atoms with Crippen molar-refractivity contribution in [3.63, 3.8) is 0 Å². The zero-order chi connectivity index (χ0) is 13.7. The standard InChI is InChI=1S/C14H21N3O2/c1-2-19-14(18)11-6-7-13(16-9-11)17-12-5-3-4-10(12)8-15/h6-7,9-10,12H,2-5,8,15H2,1H3,(H,16,17). The molecule has 1 saturated carbocycles. The maximum Gasteiger partial charge on any atom is 0.339 e. The number of esters is 1. The van der Waals surface area contributed by atoms with Crippen LogP contribution in [0.4, 0.5) is 5.82 Å². The Morgan fingerprint density at radius 3 is 3.00 bits per heavy atom. The summed E-state index contributed by atoms with van der Waals surface area (Å²) in [5.74, 6) is 0.979. The van der Waals surface area contributed by atoms with E-state index < -0.39 is 0 Å². The van der Waals surface area contributed by atoms with E-state index in [1.165, 1.54) is 12.8 Å². The fourth-order valence-electron chi connectivity index (χ4n) is 2.51. The van der Waals surface area contributed by atoms with Crippen LogP contribution in [0.3, 0.4) is 0 Å². The molecule has 5 heteroatoms. The Kier molecular flexibility index (Phi) is 4.74. The van der Waals surface area contributed by atoms with Gasteiger partial charge in [0.2, 0.25) is 0 Å². The molecule has 0 amide bonds. The lowest BCUT2D eigenvalue weighted by Gasteiger charge is -2.20. The molecule has 1 aromatic heterocycles. The monoisotopic (exact) mass is 263 g/mol. The van der Waals surface area contributed by atoms with Gasteiger partial charge < -0.3 is 15.8 Å². The molecule has 1 heterocycles. The van der Waals surface area contributed by atoms with Gasteiger partial charge in [-0.15, -0.1) is 0 Å². The maximum atomic E-state index is 11.5. The van der Waals surface area contributed by atoms with Crippen LogP contribution in [0.5, 0.6) is 0 Å². The van der Waals surface area contributed by atoms with Crippen LogP contribution in [-0.2, 0) is 4.74 Å². The van der Waals surface area contributed by atoms with E-state index in [0.29, 0.717) is 30.7 Å². The number of nitrogens with zero attached hydrogens (tertiary/aromatic N) is 1. The second-order valence-corrected chi connectivity index (χ2v) is 4.83. The zero-order valence-corrected chi connectivity index (χ0v) is 11.3. The SMILES string of the molecule is CCOC(=O)c1ccc(NC2CCCC2CN)nc1. The smallest absolute Gasteiger partial charge is 0.339 e. The number of carbonyl (C=O) groups excluding carboxylic acids is 1. The quantitative estimate of drug-likeness (QED) is 0.792. The van der Waals surface area contributed by atoms with Gasteiger partial charge in [0.05, 0.1) is 12.2 Å². The maximum absolute atomic E-state index is 11.5. The summed E-state index contributed by atoms with van der Waals surface area (Å²) in [6.45, 7) is 2.87. The summed E-state index contributed by atoms with van der Waals surface area (Å²) in [5, 5.41) is 3.40. The highest BCUT2D eigenvalue weighted by Crippen LogP contribution is 2.27. The Hall–Kier alpha value is -1.62. The molecule has 104 valence electrons. The second-order valence-electron chi connectivity index (χ2n) is 4.83. The van der Waals surface area contributed by atoms with Gasteiger partial charge in [0, 0.05) is 12.2 Å². The molecule has 1 fully saturated rings. The van der Waals surface area contributed by atoms with Crippen molar-refractivity contribution in [3.05, 3.63) is 23.9 Å². The van der Waals surface area contributed by atoms with Crippen molar-refractivity contribution in [2.75, 3.05) is 18.5 Å². The van der Waals surface area contributed by atoms with Gasteiger partial charge in [-0.2, -0.15) is 0 Å². The normalized spacial score (nSPS) is 22.2. The minimum Gasteiger partial charge on any atom is -0.462 e. The van der Waals surface area contributed by atoms with Gasteiger partial charge in [0.1, 0.15) is 5.82 Å². The van der Waals surface area contributed by atoms with Gasteiger partial charge in [-0.05, 0) is 44.4 Å². The molecular weight excluding hydrogens is 242 g/mol. The molecule has 0 radical (unpaired) electrons. The minimum absolute atomic E-state index is 0.331. The molecule has 3 N–H and O–H groups in total. The third kappa shape index (κ3) is 3.44. The first-order chi connectivity index (χ1) is 9.24. The van der Waals surface area contributed by atoms with E-state index in [0.717, 1.165) is 12.2 Å². The Bertz CT molecular complexity index is 419. The van der Waals surface area contributed by atoms with Crippen LogP contribution in [-0.4, -0.2) is 30.1 Å². The third-order valence-corrected chi connectivity index (χ3v) is 3.57. The number of pyridine rings is 1. The first-order valence-corrected chi connectivity index (χ1v) is 6.84. The predicted molar refractivity (Wildman–Crippen MR) is 74.0 cm³/mol. The average Bonchev–Trinajstić information content (AvgIpc) is 2.87. The van der Waals surface area contributed by atoms with Crippen molar-refractivity contribution in [1.29, 1.82) is 0 Å². The van der Waals surface area contributed by atoms with E-state index in [4.69, 9.17) is 10.5 Å². The molecule has 0 aliphatic heterocycles. The summed E-state index contributed by atoms with van der Waals surface area (Å²) in [7, 11) is 0. The minimum atomic E-state index is -0.331. The fourth-order valence-corrected chi connectivity index (χ4v) is 2.51. The Morgan fingerprint density at radius 2 is 2.37 bits per heavy atom. The number of nitrogens with one attached hydrogen (secondary N) is 1. The van der Waals surface area contributed by atoms with Crippen LogP contribution in [0.2, 0.25) is 0 Å². The number of rotatable bonds is 5. The highest BCUT2D eigenvalue weighted by molar-refractivity contribution is 5.89. The lowest BCUT2D eigenvalue weighted by molar-refractivity contribution is 0.0526. The summed E-state index contributed by atoms with van der Waals surface area (Å²) >= 11 is 0. The van der Waals surface area contributed by atoms with Gasteiger partial charge in [0.15, 0.2) is 0 Å². The molecule has 2 atom stereocenters. The third-order valence-electron chi connectivity index (χ3n) is 3.57. The van der Waals surface area contributed by atoms with Gasteiger partial charge in [-0.3, -0.25) is 0 Å². The van der Waals surface area contributed by atoms with Gasteiger partial charge in [0.25, 0.3) is 0 Å². The first kappa shape index (κ1) is 13.8. The lowest BCUT2D eigenvalue weighted by Crippen LogP contribution is -2.29. The molecule has 1 aliphatic rings. The van der Waals surface area contributed by atoms with E-state index in [9.17, 15) is 4.79 Å². The largest absolute Gasteiger partial charge is 0.462 e. The van der Waals surface area contributed by atoms with Gasteiger partial charge >= 0.3 is 5.97 Å². The zero-order valence-electron chi connectivity index (χ0n) is 11.3. The number of hydrogen-bond acceptors (Lipinski definition) is 5. The summed E-state index contributed by atoms with van der Waals surface area (Å²) in [6.07, 6.45) is 5.06. The molecule has 1 aromatic rings. The number of aromatic nitrogens is 1. The second kappa shape index (κ2) is 6.52. The molecule has 0 spiro atoms. The molecule has 2 rings (SSSR count). The van der Waals surface area contributed by atoms with Crippen LogP contribution in [0.1, 0.15) is 36.5 Å². The summed E-state index contributed by atoms with van der Waals surface area (Å²) in [4.78, 5) is 15.8. The average molecular weight is 263 g/mol. The van der Waals surface area contributed by atoms with Crippen LogP contribution in [0, 0.1) is 5.92 Å². The molecule has 0 bridgehead atoms. The number of ether oxygens (including phenoxy) is 1. The molecule has 19 heavy (non-hydrogen) atoms. The van der Waals surface area contributed by atoms with Crippen LogP contribution in [0.15, 0.2) is 18.3 Å². The fraction of sp³-hybridized carbons (Fsp3) is 0.571. The molecule has 2 unspecified atom stereocenters. The highest BCUT2D eigenvalue weighted by atomic mass is 16.5. The molecular formula is C14H21N3O2. The first-order valence-electron chi connectivity index (χ1n) is 6.84. The van der Waals surface area contributed by atoms with Gasteiger partial charge in [-0.1, -0.05) is 6.42 Å². The van der Waals surface area contributed by atoms with E-state index in [2.05, 4.69) is 10.3 Å². The van der Waals surface area contributed by atoms with E-state index in [1.54, 1.807) is 19.2 Å². The van der Waals surface area contributed by atoms with Crippen LogP contribution in [0.25, 0.3) is 0 Å². The van der Waals surface area contributed by atoms with E-state index >= 15 is 0 Å². The summed E-state index contributed by atoms with van der Waals surface area (Å²) in [6, 6.07) is 3.95. The van der Waals surface area contributed by atoms with Crippen molar-refractivity contribution in [2.24, 2.45) is 11.7 Å².